The number of pyridine rings is 1. The molecule has 6 rings (SSSR count). The number of imidazole rings is 1. The zero-order valence-corrected chi connectivity index (χ0v) is 25.3. The SMILES string of the molecule is COC(=O)Nc1ccc(-c2cnc([C@H](Cc3ccccc3)n3ccc(-c4cc(Cl)ccc4-n4cc(C(F)(F)F)nn4)cc3=O)[nH]2)cc1. The molecule has 10 nitrogen and oxygen atoms in total. The van der Waals surface area contributed by atoms with Crippen molar-refractivity contribution in [3.05, 3.63) is 136 Å². The van der Waals surface area contributed by atoms with Crippen molar-refractivity contribution in [2.75, 3.05) is 12.4 Å². The number of amides is 1. The van der Waals surface area contributed by atoms with Crippen LogP contribution in [0.2, 0.25) is 5.02 Å². The molecule has 3 heterocycles. The quantitative estimate of drug-likeness (QED) is 0.179. The third-order valence-electron chi connectivity index (χ3n) is 7.39. The van der Waals surface area contributed by atoms with Crippen molar-refractivity contribution >= 4 is 23.4 Å². The largest absolute Gasteiger partial charge is 0.453 e. The average molecular weight is 660 g/mol. The minimum absolute atomic E-state index is 0.263. The number of halogens is 4. The molecule has 0 saturated carbocycles. The van der Waals surface area contributed by atoms with Crippen molar-refractivity contribution in [3.8, 4) is 28.1 Å². The summed E-state index contributed by atoms with van der Waals surface area (Å²) in [6.07, 6.45) is -0.759. The number of carbonyl (C=O) groups is 1. The van der Waals surface area contributed by atoms with E-state index in [9.17, 15) is 22.8 Å². The summed E-state index contributed by atoms with van der Waals surface area (Å²) in [5.41, 5.74) is 2.58. The van der Waals surface area contributed by atoms with Gasteiger partial charge >= 0.3 is 12.3 Å². The number of aromatic nitrogens is 6. The van der Waals surface area contributed by atoms with E-state index in [1.54, 1.807) is 41.2 Å². The average Bonchev–Trinajstić information content (AvgIpc) is 3.76. The van der Waals surface area contributed by atoms with E-state index in [-0.39, 0.29) is 11.2 Å². The lowest BCUT2D eigenvalue weighted by atomic mass is 10.0. The second-order valence-electron chi connectivity index (χ2n) is 10.5. The first kappa shape index (κ1) is 31.3. The number of hydrogen-bond donors (Lipinski definition) is 2. The molecule has 3 aromatic carbocycles. The van der Waals surface area contributed by atoms with Crippen LogP contribution in [0.3, 0.4) is 0 Å². The van der Waals surface area contributed by atoms with Crippen LogP contribution in [0, 0.1) is 0 Å². The Balaban J connectivity index is 1.36. The minimum Gasteiger partial charge on any atom is -0.453 e. The van der Waals surface area contributed by atoms with Gasteiger partial charge in [-0.2, -0.15) is 13.2 Å². The molecule has 14 heteroatoms. The molecule has 6 aromatic rings. The molecule has 0 bridgehead atoms. The van der Waals surface area contributed by atoms with Crippen LogP contribution in [0.5, 0.6) is 0 Å². The molecular formula is C33H25ClF3N7O3. The number of rotatable bonds is 8. The molecule has 0 aliphatic carbocycles. The highest BCUT2D eigenvalue weighted by molar-refractivity contribution is 6.31. The molecule has 238 valence electrons. The van der Waals surface area contributed by atoms with Gasteiger partial charge in [0.25, 0.3) is 5.56 Å². The van der Waals surface area contributed by atoms with Crippen LogP contribution in [0.25, 0.3) is 28.1 Å². The maximum atomic E-state index is 13.8. The highest BCUT2D eigenvalue weighted by Gasteiger charge is 2.34. The summed E-state index contributed by atoms with van der Waals surface area (Å²) in [6.45, 7) is 0. The Kier molecular flexibility index (Phi) is 8.63. The van der Waals surface area contributed by atoms with E-state index >= 15 is 0 Å². The molecule has 2 N–H and O–H groups in total. The highest BCUT2D eigenvalue weighted by Crippen LogP contribution is 2.32. The van der Waals surface area contributed by atoms with E-state index in [4.69, 9.17) is 11.6 Å². The van der Waals surface area contributed by atoms with E-state index in [0.29, 0.717) is 39.8 Å². The van der Waals surface area contributed by atoms with Gasteiger partial charge in [-0.3, -0.25) is 10.1 Å². The van der Waals surface area contributed by atoms with Gasteiger partial charge in [-0.15, -0.1) is 5.10 Å². The molecule has 1 amide bonds. The number of methoxy groups -OCH3 is 1. The number of aromatic amines is 1. The van der Waals surface area contributed by atoms with Crippen LogP contribution in [0.1, 0.15) is 23.1 Å². The molecule has 0 unspecified atom stereocenters. The van der Waals surface area contributed by atoms with E-state index in [0.717, 1.165) is 22.0 Å². The Morgan fingerprint density at radius 1 is 1.02 bits per heavy atom. The first-order valence-electron chi connectivity index (χ1n) is 14.2. The second kappa shape index (κ2) is 13.0. The standard InChI is InChI=1S/C33H25ClF3N7O3/c1-47-32(46)39-24-10-7-21(8-11-24)26-18-38-31(40-26)28(15-20-5-3-2-4-6-20)43-14-13-22(16-30(43)45)25-17-23(34)9-12-27(25)44-19-29(41-42-44)33(35,36)37/h2-14,16-19,28H,15H2,1H3,(H,38,40)(H,39,46)/t28-/m0/s1. The molecule has 0 spiro atoms. The number of nitrogens with one attached hydrogen (secondary N) is 2. The van der Waals surface area contributed by atoms with Gasteiger partial charge < -0.3 is 14.3 Å². The highest BCUT2D eigenvalue weighted by atomic mass is 35.5. The van der Waals surface area contributed by atoms with Crippen LogP contribution < -0.4 is 10.9 Å². The number of H-pyrrole nitrogens is 1. The molecule has 0 radical (unpaired) electrons. The van der Waals surface area contributed by atoms with Crippen molar-refractivity contribution in [2.45, 2.75) is 18.6 Å². The monoisotopic (exact) mass is 659 g/mol. The van der Waals surface area contributed by atoms with E-state index in [1.807, 2.05) is 42.5 Å². The third-order valence-corrected chi connectivity index (χ3v) is 7.63. The van der Waals surface area contributed by atoms with E-state index < -0.39 is 24.0 Å². The fourth-order valence-corrected chi connectivity index (χ4v) is 5.26. The molecule has 0 aliphatic rings. The number of hydrogen-bond acceptors (Lipinski definition) is 6. The van der Waals surface area contributed by atoms with Crippen LogP contribution in [-0.2, 0) is 17.3 Å². The number of ether oxygens (including phenoxy) is 1. The molecule has 0 fully saturated rings. The van der Waals surface area contributed by atoms with Crippen molar-refractivity contribution < 1.29 is 22.7 Å². The topological polar surface area (TPSA) is 120 Å². The minimum atomic E-state index is -4.67. The summed E-state index contributed by atoms with van der Waals surface area (Å²) in [7, 11) is 1.28. The lowest BCUT2D eigenvalue weighted by Crippen LogP contribution is -2.27. The third kappa shape index (κ3) is 6.94. The number of nitrogens with zero attached hydrogens (tertiary/aromatic N) is 5. The Bertz CT molecular complexity index is 2090. The zero-order chi connectivity index (χ0) is 33.1. The molecule has 0 aliphatic heterocycles. The summed E-state index contributed by atoms with van der Waals surface area (Å²) >= 11 is 6.27. The summed E-state index contributed by atoms with van der Waals surface area (Å²) in [6, 6.07) is 23.8. The summed E-state index contributed by atoms with van der Waals surface area (Å²) in [5, 5.41) is 9.83. The first-order valence-corrected chi connectivity index (χ1v) is 14.5. The number of alkyl halides is 3. The number of anilines is 1. The van der Waals surface area contributed by atoms with Gasteiger partial charge in [0.15, 0.2) is 5.69 Å². The molecular weight excluding hydrogens is 635 g/mol. The summed E-state index contributed by atoms with van der Waals surface area (Å²) in [4.78, 5) is 33.3. The first-order chi connectivity index (χ1) is 22.6. The van der Waals surface area contributed by atoms with Gasteiger partial charge in [0.2, 0.25) is 0 Å². The van der Waals surface area contributed by atoms with Gasteiger partial charge in [0.05, 0.1) is 36.9 Å². The molecule has 47 heavy (non-hydrogen) atoms. The van der Waals surface area contributed by atoms with Crippen LogP contribution in [0.15, 0.2) is 108 Å². The van der Waals surface area contributed by atoms with Gasteiger partial charge in [-0.05, 0) is 53.1 Å². The Morgan fingerprint density at radius 2 is 1.79 bits per heavy atom. The number of carbonyl (C=O) groups excluding carboxylic acids is 1. The van der Waals surface area contributed by atoms with Crippen LogP contribution >= 0.6 is 11.6 Å². The molecule has 3 aromatic heterocycles. The maximum Gasteiger partial charge on any atom is 0.436 e. The lowest BCUT2D eigenvalue weighted by Gasteiger charge is -2.19. The second-order valence-corrected chi connectivity index (χ2v) is 10.9. The van der Waals surface area contributed by atoms with Crippen molar-refractivity contribution in [1.82, 2.24) is 29.5 Å². The van der Waals surface area contributed by atoms with Gasteiger partial charge in [-0.1, -0.05) is 59.3 Å². The lowest BCUT2D eigenvalue weighted by molar-refractivity contribution is -0.141. The van der Waals surface area contributed by atoms with Gasteiger partial charge in [0, 0.05) is 35.0 Å². The van der Waals surface area contributed by atoms with Crippen molar-refractivity contribution in [2.24, 2.45) is 0 Å². The van der Waals surface area contributed by atoms with Crippen molar-refractivity contribution in [1.29, 1.82) is 0 Å². The van der Waals surface area contributed by atoms with Gasteiger partial charge in [0.1, 0.15) is 5.82 Å². The fourth-order valence-electron chi connectivity index (χ4n) is 5.08. The summed E-state index contributed by atoms with van der Waals surface area (Å²) in [5.74, 6) is 0.529. The Morgan fingerprint density at radius 3 is 2.47 bits per heavy atom. The molecule has 0 saturated heterocycles. The Labute approximate surface area is 270 Å². The zero-order valence-electron chi connectivity index (χ0n) is 24.6. The molecule has 1 atom stereocenters. The Hall–Kier alpha value is -5.69. The van der Waals surface area contributed by atoms with Gasteiger partial charge in [-0.25, -0.2) is 14.5 Å². The van der Waals surface area contributed by atoms with Crippen molar-refractivity contribution in [3.63, 3.8) is 0 Å². The fraction of sp³-hybridized carbons (Fsp3) is 0.121. The normalized spacial score (nSPS) is 12.1. The van der Waals surface area contributed by atoms with Crippen LogP contribution in [0.4, 0.5) is 23.7 Å². The van der Waals surface area contributed by atoms with E-state index in [2.05, 4.69) is 30.3 Å². The maximum absolute atomic E-state index is 13.8. The predicted molar refractivity (Wildman–Crippen MR) is 169 cm³/mol. The summed E-state index contributed by atoms with van der Waals surface area (Å²) < 4.78 is 46.9. The smallest absolute Gasteiger partial charge is 0.436 e. The predicted octanol–water partition coefficient (Wildman–Crippen LogP) is 7.17. The number of benzene rings is 3. The van der Waals surface area contributed by atoms with Crippen LogP contribution in [-0.4, -0.2) is 42.7 Å². The van der Waals surface area contributed by atoms with E-state index in [1.165, 1.54) is 25.3 Å².